The number of ketones is 1. The number of benzene rings is 2. The lowest BCUT2D eigenvalue weighted by Crippen LogP contribution is -2.31. The van der Waals surface area contributed by atoms with Gasteiger partial charge in [0.1, 0.15) is 23.9 Å². The van der Waals surface area contributed by atoms with E-state index in [1.165, 1.54) is 4.90 Å². The third kappa shape index (κ3) is 5.11. The first-order valence-corrected chi connectivity index (χ1v) is 11.3. The molecule has 1 aliphatic rings. The van der Waals surface area contributed by atoms with Crippen LogP contribution in [0.4, 0.5) is 0 Å². The molecule has 0 saturated carbocycles. The van der Waals surface area contributed by atoms with Crippen molar-refractivity contribution in [2.24, 2.45) is 0 Å². The molecule has 8 heteroatoms. The molecule has 1 saturated heterocycles. The summed E-state index contributed by atoms with van der Waals surface area (Å²) in [4.78, 5) is 31.8. The number of rotatable bonds is 10. The number of amides is 1. The zero-order valence-corrected chi connectivity index (χ0v) is 19.5. The van der Waals surface area contributed by atoms with Gasteiger partial charge in [0.2, 0.25) is 0 Å². The average molecular weight is 474 g/mol. The SMILES string of the molecule is C=CCOc1ccc(C(O)=C2C(=O)C(=O)N(CCCn3ccnc3)C2c2ccc(OC)cc2)cc1. The second-order valence-electron chi connectivity index (χ2n) is 8.04. The molecule has 2 heterocycles. The minimum absolute atomic E-state index is 0.0579. The van der Waals surface area contributed by atoms with Crippen molar-refractivity contribution in [3.63, 3.8) is 0 Å². The average Bonchev–Trinajstić information content (AvgIpc) is 3.50. The summed E-state index contributed by atoms with van der Waals surface area (Å²) in [6, 6.07) is 13.1. The van der Waals surface area contributed by atoms with Crippen LogP contribution in [0.5, 0.6) is 11.5 Å². The lowest BCUT2D eigenvalue weighted by atomic mass is 9.95. The number of ether oxygens (including phenoxy) is 2. The number of likely N-dealkylation sites (tertiary alicyclic amines) is 1. The second-order valence-corrected chi connectivity index (χ2v) is 8.04. The fraction of sp³-hybridized carbons (Fsp3) is 0.222. The van der Waals surface area contributed by atoms with Gasteiger partial charge in [0.25, 0.3) is 11.7 Å². The number of Topliss-reactive ketones (excluding diaryl/α,β-unsaturated/α-hetero) is 1. The Morgan fingerprint density at radius 2 is 1.80 bits per heavy atom. The number of hydrogen-bond donors (Lipinski definition) is 1. The van der Waals surface area contributed by atoms with E-state index in [9.17, 15) is 14.7 Å². The topological polar surface area (TPSA) is 93.9 Å². The number of carbonyl (C=O) groups excluding carboxylic acids is 2. The van der Waals surface area contributed by atoms with E-state index in [1.807, 2.05) is 10.8 Å². The number of nitrogens with zero attached hydrogens (tertiary/aromatic N) is 3. The van der Waals surface area contributed by atoms with Crippen molar-refractivity contribution in [1.82, 2.24) is 14.5 Å². The third-order valence-electron chi connectivity index (χ3n) is 5.84. The van der Waals surface area contributed by atoms with E-state index in [0.29, 0.717) is 48.7 Å². The highest BCUT2D eigenvalue weighted by atomic mass is 16.5. The molecule has 0 radical (unpaired) electrons. The summed E-state index contributed by atoms with van der Waals surface area (Å²) in [7, 11) is 1.57. The van der Waals surface area contributed by atoms with Crippen molar-refractivity contribution in [2.45, 2.75) is 19.0 Å². The van der Waals surface area contributed by atoms with Crippen LogP contribution in [0.3, 0.4) is 0 Å². The molecule has 1 aliphatic heterocycles. The Labute approximate surface area is 203 Å². The molecular weight excluding hydrogens is 446 g/mol. The lowest BCUT2D eigenvalue weighted by molar-refractivity contribution is -0.139. The van der Waals surface area contributed by atoms with Gasteiger partial charge in [-0.25, -0.2) is 4.98 Å². The van der Waals surface area contributed by atoms with Gasteiger partial charge in [0, 0.05) is 31.0 Å². The summed E-state index contributed by atoms with van der Waals surface area (Å²) < 4.78 is 12.7. The Bertz CT molecular complexity index is 1210. The summed E-state index contributed by atoms with van der Waals surface area (Å²) in [5.41, 5.74) is 1.19. The summed E-state index contributed by atoms with van der Waals surface area (Å²) in [5.74, 6) is -0.313. The minimum Gasteiger partial charge on any atom is -0.507 e. The Kier molecular flexibility index (Phi) is 7.30. The van der Waals surface area contributed by atoms with Crippen molar-refractivity contribution in [3.05, 3.63) is 96.6 Å². The van der Waals surface area contributed by atoms with Crippen LogP contribution in [-0.2, 0) is 16.1 Å². The molecule has 1 atom stereocenters. The molecule has 0 aliphatic carbocycles. The molecule has 8 nitrogen and oxygen atoms in total. The van der Waals surface area contributed by atoms with Gasteiger partial charge < -0.3 is 24.0 Å². The predicted molar refractivity (Wildman–Crippen MR) is 131 cm³/mol. The van der Waals surface area contributed by atoms with E-state index >= 15 is 0 Å². The predicted octanol–water partition coefficient (Wildman–Crippen LogP) is 3.97. The van der Waals surface area contributed by atoms with Gasteiger partial charge >= 0.3 is 0 Å². The van der Waals surface area contributed by atoms with Gasteiger partial charge in [-0.15, -0.1) is 0 Å². The first kappa shape index (κ1) is 23.8. The van der Waals surface area contributed by atoms with Crippen LogP contribution in [0.2, 0.25) is 0 Å². The molecular formula is C27H27N3O5. The summed E-state index contributed by atoms with van der Waals surface area (Å²) in [5, 5.41) is 11.2. The first-order chi connectivity index (χ1) is 17.0. The maximum absolute atomic E-state index is 13.2. The second kappa shape index (κ2) is 10.7. The normalized spacial score (nSPS) is 16.9. The van der Waals surface area contributed by atoms with Crippen LogP contribution in [0.15, 0.2) is 85.5 Å². The van der Waals surface area contributed by atoms with Crippen molar-refractivity contribution in [3.8, 4) is 11.5 Å². The molecule has 1 N–H and O–H groups in total. The molecule has 180 valence electrons. The molecule has 3 aromatic rings. The number of aliphatic hydroxyl groups is 1. The Hall–Kier alpha value is -4.33. The van der Waals surface area contributed by atoms with Crippen LogP contribution in [-0.4, -0.2) is 51.5 Å². The fourth-order valence-electron chi connectivity index (χ4n) is 4.11. The smallest absolute Gasteiger partial charge is 0.295 e. The molecule has 0 bridgehead atoms. The Morgan fingerprint density at radius 1 is 1.09 bits per heavy atom. The third-order valence-corrected chi connectivity index (χ3v) is 5.84. The van der Waals surface area contributed by atoms with Crippen LogP contribution < -0.4 is 9.47 Å². The van der Waals surface area contributed by atoms with Crippen molar-refractivity contribution >= 4 is 17.4 Å². The van der Waals surface area contributed by atoms with E-state index in [2.05, 4.69) is 11.6 Å². The van der Waals surface area contributed by atoms with Crippen molar-refractivity contribution < 1.29 is 24.2 Å². The molecule has 4 rings (SSSR count). The van der Waals surface area contributed by atoms with E-state index in [0.717, 1.165) is 0 Å². The summed E-state index contributed by atoms with van der Waals surface area (Å²) >= 11 is 0. The van der Waals surface area contributed by atoms with Crippen molar-refractivity contribution in [1.29, 1.82) is 0 Å². The highest BCUT2D eigenvalue weighted by Crippen LogP contribution is 2.40. The zero-order chi connectivity index (χ0) is 24.8. The van der Waals surface area contributed by atoms with E-state index in [-0.39, 0.29) is 11.3 Å². The molecule has 1 amide bonds. The number of imidazole rings is 1. The summed E-state index contributed by atoms with van der Waals surface area (Å²) in [6.45, 7) is 4.96. The maximum atomic E-state index is 13.2. The van der Waals surface area contributed by atoms with E-state index < -0.39 is 17.7 Å². The van der Waals surface area contributed by atoms with Gasteiger partial charge in [-0.05, 0) is 48.4 Å². The van der Waals surface area contributed by atoms with Gasteiger partial charge in [-0.3, -0.25) is 9.59 Å². The monoisotopic (exact) mass is 473 g/mol. The zero-order valence-electron chi connectivity index (χ0n) is 19.5. The Morgan fingerprint density at radius 3 is 2.43 bits per heavy atom. The molecule has 35 heavy (non-hydrogen) atoms. The van der Waals surface area contributed by atoms with Crippen molar-refractivity contribution in [2.75, 3.05) is 20.3 Å². The van der Waals surface area contributed by atoms with Crippen LogP contribution in [0, 0.1) is 0 Å². The lowest BCUT2D eigenvalue weighted by Gasteiger charge is -2.25. The summed E-state index contributed by atoms with van der Waals surface area (Å²) in [6.07, 6.45) is 7.49. The van der Waals surface area contributed by atoms with Gasteiger partial charge in [0.05, 0.1) is 25.1 Å². The number of carbonyl (C=O) groups is 2. The molecule has 1 unspecified atom stereocenters. The number of methoxy groups -OCH3 is 1. The van der Waals surface area contributed by atoms with Crippen LogP contribution in [0.1, 0.15) is 23.6 Å². The van der Waals surface area contributed by atoms with Gasteiger partial charge in [0.15, 0.2) is 0 Å². The van der Waals surface area contributed by atoms with Crippen LogP contribution >= 0.6 is 0 Å². The standard InChI is InChI=1S/C27H27N3O5/c1-3-17-35-22-11-7-20(8-12-22)25(31)23-24(19-5-9-21(34-2)10-6-19)30(27(33)26(23)32)15-4-14-29-16-13-28-18-29/h3,5-13,16,18,24,31H,1,4,14-15,17H2,2H3. The molecule has 1 aromatic heterocycles. The first-order valence-electron chi connectivity index (χ1n) is 11.3. The van der Waals surface area contributed by atoms with Gasteiger partial charge in [-0.2, -0.15) is 0 Å². The Balaban J connectivity index is 1.69. The molecule has 1 fully saturated rings. The fourth-order valence-corrected chi connectivity index (χ4v) is 4.11. The van der Waals surface area contributed by atoms with E-state index in [1.54, 1.807) is 74.2 Å². The minimum atomic E-state index is -0.722. The number of aliphatic hydroxyl groups excluding tert-OH is 1. The van der Waals surface area contributed by atoms with Gasteiger partial charge in [-0.1, -0.05) is 24.8 Å². The maximum Gasteiger partial charge on any atom is 0.295 e. The highest BCUT2D eigenvalue weighted by Gasteiger charge is 2.45. The number of hydrogen-bond acceptors (Lipinski definition) is 6. The molecule has 0 spiro atoms. The largest absolute Gasteiger partial charge is 0.507 e. The van der Waals surface area contributed by atoms with Crippen LogP contribution in [0.25, 0.3) is 5.76 Å². The number of aryl methyl sites for hydroxylation is 1. The number of aromatic nitrogens is 2. The highest BCUT2D eigenvalue weighted by molar-refractivity contribution is 6.46. The quantitative estimate of drug-likeness (QED) is 0.207. The van der Waals surface area contributed by atoms with E-state index in [4.69, 9.17) is 9.47 Å². The molecule has 2 aromatic carbocycles.